The number of rotatable bonds is 3. The lowest BCUT2D eigenvalue weighted by Gasteiger charge is -2.48. The number of nitrogens with one attached hydrogen (secondary N) is 1. The van der Waals surface area contributed by atoms with Crippen LogP contribution in [0.25, 0.3) is 0 Å². The van der Waals surface area contributed by atoms with Gasteiger partial charge in [-0.3, -0.25) is 4.90 Å². The molecule has 1 saturated carbocycles. The fourth-order valence-electron chi connectivity index (χ4n) is 3.46. The van der Waals surface area contributed by atoms with E-state index in [9.17, 15) is 0 Å². The number of hydrogen-bond donors (Lipinski definition) is 1. The molecule has 0 amide bonds. The Kier molecular flexibility index (Phi) is 3.40. The Morgan fingerprint density at radius 2 is 1.95 bits per heavy atom. The molecule has 0 aromatic heterocycles. The van der Waals surface area contributed by atoms with Gasteiger partial charge in [-0.05, 0) is 45.1 Å². The highest BCUT2D eigenvalue weighted by molar-refractivity contribution is 5.25. The summed E-state index contributed by atoms with van der Waals surface area (Å²) in [6, 6.07) is 12.3. The van der Waals surface area contributed by atoms with Crippen molar-refractivity contribution in [1.29, 1.82) is 0 Å². The molecule has 0 bridgehead atoms. The van der Waals surface area contributed by atoms with Crippen LogP contribution in [-0.2, 0) is 5.54 Å². The Morgan fingerprint density at radius 3 is 2.58 bits per heavy atom. The molecule has 1 aromatic rings. The fourth-order valence-corrected chi connectivity index (χ4v) is 3.46. The predicted octanol–water partition coefficient (Wildman–Crippen LogP) is 2.99. The highest BCUT2D eigenvalue weighted by Crippen LogP contribution is 2.38. The summed E-state index contributed by atoms with van der Waals surface area (Å²) in [6.45, 7) is 9.33. The van der Waals surface area contributed by atoms with E-state index in [1.165, 1.54) is 18.4 Å². The normalized spacial score (nSPS) is 34.2. The fraction of sp³-hybridized carbons (Fsp3) is 0.647. The molecule has 3 rings (SSSR count). The largest absolute Gasteiger partial charge is 0.305 e. The first-order valence-electron chi connectivity index (χ1n) is 7.66. The van der Waals surface area contributed by atoms with Gasteiger partial charge in [-0.25, -0.2) is 0 Å². The molecule has 0 spiro atoms. The quantitative estimate of drug-likeness (QED) is 0.896. The van der Waals surface area contributed by atoms with Crippen LogP contribution in [0.1, 0.15) is 39.2 Å². The van der Waals surface area contributed by atoms with Crippen molar-refractivity contribution < 1.29 is 0 Å². The summed E-state index contributed by atoms with van der Waals surface area (Å²) in [5.41, 5.74) is 1.51. The van der Waals surface area contributed by atoms with E-state index >= 15 is 0 Å². The lowest BCUT2D eigenvalue weighted by atomic mass is 9.87. The highest BCUT2D eigenvalue weighted by atomic mass is 15.3. The zero-order chi connectivity index (χ0) is 13.5. The van der Waals surface area contributed by atoms with Crippen LogP contribution in [-0.4, -0.2) is 30.1 Å². The molecule has 1 aliphatic heterocycles. The van der Waals surface area contributed by atoms with Gasteiger partial charge in [0.2, 0.25) is 0 Å². The van der Waals surface area contributed by atoms with Crippen molar-refractivity contribution in [3.8, 4) is 0 Å². The van der Waals surface area contributed by atoms with E-state index in [2.05, 4.69) is 61.3 Å². The first-order chi connectivity index (χ1) is 9.10. The molecule has 1 aliphatic carbocycles. The molecule has 2 nitrogen and oxygen atoms in total. The summed E-state index contributed by atoms with van der Waals surface area (Å²) >= 11 is 0. The number of hydrogen-bond acceptors (Lipinski definition) is 2. The second-order valence-electron chi connectivity index (χ2n) is 6.68. The Morgan fingerprint density at radius 1 is 1.26 bits per heavy atom. The summed E-state index contributed by atoms with van der Waals surface area (Å²) in [7, 11) is 0. The molecular weight excluding hydrogens is 232 g/mol. The molecule has 3 unspecified atom stereocenters. The maximum atomic E-state index is 3.76. The Labute approximate surface area is 117 Å². The van der Waals surface area contributed by atoms with E-state index in [0.717, 1.165) is 25.0 Å². The van der Waals surface area contributed by atoms with Crippen molar-refractivity contribution in [2.45, 2.75) is 51.2 Å². The first kappa shape index (κ1) is 13.1. The first-order valence-corrected chi connectivity index (χ1v) is 7.66. The van der Waals surface area contributed by atoms with Crippen LogP contribution < -0.4 is 5.32 Å². The van der Waals surface area contributed by atoms with Gasteiger partial charge in [-0.15, -0.1) is 0 Å². The predicted molar refractivity (Wildman–Crippen MR) is 80.2 cm³/mol. The van der Waals surface area contributed by atoms with Gasteiger partial charge in [0.25, 0.3) is 0 Å². The Balaban J connectivity index is 1.80. The van der Waals surface area contributed by atoms with Gasteiger partial charge in [0.15, 0.2) is 0 Å². The second kappa shape index (κ2) is 4.92. The van der Waals surface area contributed by atoms with Crippen molar-refractivity contribution in [3.05, 3.63) is 35.9 Å². The van der Waals surface area contributed by atoms with E-state index in [1.54, 1.807) is 0 Å². The van der Waals surface area contributed by atoms with Gasteiger partial charge >= 0.3 is 0 Å². The van der Waals surface area contributed by atoms with Gasteiger partial charge in [0.05, 0.1) is 5.54 Å². The topological polar surface area (TPSA) is 15.3 Å². The average molecular weight is 258 g/mol. The molecule has 1 heterocycles. The van der Waals surface area contributed by atoms with Gasteiger partial charge in [-0.2, -0.15) is 0 Å². The van der Waals surface area contributed by atoms with Crippen LogP contribution in [0.5, 0.6) is 0 Å². The molecule has 2 heteroatoms. The summed E-state index contributed by atoms with van der Waals surface area (Å²) in [5.74, 6) is 0.945. The van der Waals surface area contributed by atoms with Crippen molar-refractivity contribution in [2.75, 3.05) is 13.1 Å². The minimum atomic E-state index is 0.0942. The minimum Gasteiger partial charge on any atom is -0.305 e. The third-order valence-corrected chi connectivity index (χ3v) is 5.09. The van der Waals surface area contributed by atoms with E-state index in [4.69, 9.17) is 0 Å². The van der Waals surface area contributed by atoms with E-state index < -0.39 is 0 Å². The SMILES string of the molecule is CC1CNC(C)(c2ccccc2)CN1C(C)C1CC1. The maximum absolute atomic E-state index is 3.76. The number of benzene rings is 1. The van der Waals surface area contributed by atoms with E-state index in [-0.39, 0.29) is 5.54 Å². The van der Waals surface area contributed by atoms with Gasteiger partial charge < -0.3 is 5.32 Å². The van der Waals surface area contributed by atoms with Crippen LogP contribution in [0.2, 0.25) is 0 Å². The maximum Gasteiger partial charge on any atom is 0.0535 e. The number of piperazine rings is 1. The standard InChI is InChI=1S/C17H26N2/c1-13-11-18-17(3,16-7-5-4-6-8-16)12-19(13)14(2)15-9-10-15/h4-8,13-15,18H,9-12H2,1-3H3. The van der Waals surface area contributed by atoms with Crippen molar-refractivity contribution in [3.63, 3.8) is 0 Å². The molecule has 0 radical (unpaired) electrons. The molecule has 19 heavy (non-hydrogen) atoms. The third kappa shape index (κ3) is 2.56. The molecule has 2 aliphatic rings. The van der Waals surface area contributed by atoms with Crippen molar-refractivity contribution in [1.82, 2.24) is 10.2 Å². The zero-order valence-corrected chi connectivity index (χ0v) is 12.4. The molecular formula is C17H26N2. The van der Waals surface area contributed by atoms with Crippen LogP contribution in [0.3, 0.4) is 0 Å². The Hall–Kier alpha value is -0.860. The molecule has 2 fully saturated rings. The van der Waals surface area contributed by atoms with Gasteiger partial charge in [-0.1, -0.05) is 30.3 Å². The zero-order valence-electron chi connectivity index (χ0n) is 12.4. The van der Waals surface area contributed by atoms with Crippen LogP contribution in [0.4, 0.5) is 0 Å². The molecule has 104 valence electrons. The van der Waals surface area contributed by atoms with Crippen molar-refractivity contribution in [2.24, 2.45) is 5.92 Å². The minimum absolute atomic E-state index is 0.0942. The van der Waals surface area contributed by atoms with Crippen LogP contribution in [0.15, 0.2) is 30.3 Å². The summed E-state index contributed by atoms with van der Waals surface area (Å²) in [5, 5.41) is 3.76. The summed E-state index contributed by atoms with van der Waals surface area (Å²) < 4.78 is 0. The lowest BCUT2D eigenvalue weighted by molar-refractivity contribution is 0.0523. The third-order valence-electron chi connectivity index (χ3n) is 5.09. The molecule has 1 saturated heterocycles. The van der Waals surface area contributed by atoms with E-state index in [1.807, 2.05) is 0 Å². The van der Waals surface area contributed by atoms with Gasteiger partial charge in [0.1, 0.15) is 0 Å². The smallest absolute Gasteiger partial charge is 0.0535 e. The van der Waals surface area contributed by atoms with Crippen molar-refractivity contribution >= 4 is 0 Å². The average Bonchev–Trinajstić information content (AvgIpc) is 3.26. The monoisotopic (exact) mass is 258 g/mol. The van der Waals surface area contributed by atoms with E-state index in [0.29, 0.717) is 6.04 Å². The second-order valence-corrected chi connectivity index (χ2v) is 6.68. The molecule has 3 atom stereocenters. The van der Waals surface area contributed by atoms with Gasteiger partial charge in [0, 0.05) is 25.2 Å². The highest BCUT2D eigenvalue weighted by Gasteiger charge is 2.41. The van der Waals surface area contributed by atoms with Crippen LogP contribution >= 0.6 is 0 Å². The lowest BCUT2D eigenvalue weighted by Crippen LogP contribution is -2.62. The van der Waals surface area contributed by atoms with Crippen LogP contribution in [0, 0.1) is 5.92 Å². The summed E-state index contributed by atoms with van der Waals surface area (Å²) in [6.07, 6.45) is 2.86. The molecule has 1 aromatic carbocycles. The molecule has 1 N–H and O–H groups in total. The number of nitrogens with zero attached hydrogens (tertiary/aromatic N) is 1. The summed E-state index contributed by atoms with van der Waals surface area (Å²) in [4.78, 5) is 2.72. The Bertz CT molecular complexity index is 426.